The molecule has 0 saturated carbocycles. The van der Waals surface area contributed by atoms with Crippen molar-refractivity contribution < 1.29 is 9.90 Å². The summed E-state index contributed by atoms with van der Waals surface area (Å²) in [6, 6.07) is 0.272. The molecule has 2 aliphatic rings. The second kappa shape index (κ2) is 6.53. The summed E-state index contributed by atoms with van der Waals surface area (Å²) >= 11 is 0. The Labute approximate surface area is 110 Å². The quantitative estimate of drug-likeness (QED) is 0.790. The fourth-order valence-electron chi connectivity index (χ4n) is 3.32. The van der Waals surface area contributed by atoms with Gasteiger partial charge < -0.3 is 15.3 Å². The van der Waals surface area contributed by atoms with Gasteiger partial charge in [-0.05, 0) is 44.6 Å². The zero-order valence-electron chi connectivity index (χ0n) is 11.4. The van der Waals surface area contributed by atoms with E-state index < -0.39 is 0 Å². The number of hydrogen-bond acceptors (Lipinski definition) is 3. The largest absolute Gasteiger partial charge is 0.396 e. The summed E-state index contributed by atoms with van der Waals surface area (Å²) in [5, 5.41) is 12.5. The molecule has 18 heavy (non-hydrogen) atoms. The Morgan fingerprint density at radius 2 is 2.22 bits per heavy atom. The van der Waals surface area contributed by atoms with E-state index in [1.807, 2.05) is 4.90 Å². The van der Waals surface area contributed by atoms with Crippen LogP contribution in [0, 0.1) is 11.8 Å². The van der Waals surface area contributed by atoms with E-state index in [2.05, 4.69) is 12.2 Å². The fraction of sp³-hybridized carbons (Fsp3) is 0.929. The van der Waals surface area contributed by atoms with Crippen LogP contribution in [-0.4, -0.2) is 48.2 Å². The van der Waals surface area contributed by atoms with Gasteiger partial charge in [-0.25, -0.2) is 0 Å². The van der Waals surface area contributed by atoms with Gasteiger partial charge in [-0.3, -0.25) is 4.79 Å². The van der Waals surface area contributed by atoms with Crippen molar-refractivity contribution in [1.82, 2.24) is 10.2 Å². The molecule has 0 aromatic carbocycles. The summed E-state index contributed by atoms with van der Waals surface area (Å²) in [5.74, 6) is 1.05. The SMILES string of the molecule is CC1CNCC(C(=O)N2CCCCC2CCO)C1. The summed E-state index contributed by atoms with van der Waals surface area (Å²) in [6.45, 7) is 5.13. The minimum Gasteiger partial charge on any atom is -0.396 e. The molecule has 4 nitrogen and oxygen atoms in total. The standard InChI is InChI=1S/C14H26N2O2/c1-11-8-12(10-15-9-11)14(18)16-6-3-2-4-13(16)5-7-17/h11-13,15,17H,2-10H2,1H3. The van der Waals surface area contributed by atoms with Gasteiger partial charge in [-0.15, -0.1) is 0 Å². The second-order valence-corrected chi connectivity index (χ2v) is 5.89. The predicted octanol–water partition coefficient (Wildman–Crippen LogP) is 0.995. The molecule has 2 aliphatic heterocycles. The Morgan fingerprint density at radius 1 is 1.39 bits per heavy atom. The lowest BCUT2D eigenvalue weighted by Crippen LogP contribution is -2.50. The third kappa shape index (κ3) is 3.23. The normalized spacial score (nSPS) is 33.4. The number of amides is 1. The van der Waals surface area contributed by atoms with Crippen LogP contribution in [0.5, 0.6) is 0 Å². The maximum Gasteiger partial charge on any atom is 0.227 e. The van der Waals surface area contributed by atoms with Gasteiger partial charge in [-0.2, -0.15) is 0 Å². The summed E-state index contributed by atoms with van der Waals surface area (Å²) in [7, 11) is 0. The van der Waals surface area contributed by atoms with E-state index in [0.29, 0.717) is 11.8 Å². The number of aliphatic hydroxyl groups excluding tert-OH is 1. The lowest BCUT2D eigenvalue weighted by Gasteiger charge is -2.39. The van der Waals surface area contributed by atoms with E-state index in [4.69, 9.17) is 5.11 Å². The molecule has 104 valence electrons. The number of carbonyl (C=O) groups excluding carboxylic acids is 1. The van der Waals surface area contributed by atoms with Gasteiger partial charge in [-0.1, -0.05) is 6.92 Å². The molecule has 2 rings (SSSR count). The van der Waals surface area contributed by atoms with E-state index in [1.165, 1.54) is 6.42 Å². The minimum atomic E-state index is 0.146. The first-order valence-corrected chi connectivity index (χ1v) is 7.34. The highest BCUT2D eigenvalue weighted by Gasteiger charge is 2.33. The smallest absolute Gasteiger partial charge is 0.227 e. The Morgan fingerprint density at radius 3 is 2.94 bits per heavy atom. The van der Waals surface area contributed by atoms with Crippen molar-refractivity contribution in [2.75, 3.05) is 26.2 Å². The van der Waals surface area contributed by atoms with E-state index >= 15 is 0 Å². The van der Waals surface area contributed by atoms with Crippen LogP contribution in [0.2, 0.25) is 0 Å². The van der Waals surface area contributed by atoms with Crippen LogP contribution in [-0.2, 0) is 4.79 Å². The molecule has 0 bridgehead atoms. The highest BCUT2D eigenvalue weighted by atomic mass is 16.3. The average molecular weight is 254 g/mol. The van der Waals surface area contributed by atoms with E-state index in [9.17, 15) is 4.79 Å². The van der Waals surface area contributed by atoms with Crippen molar-refractivity contribution in [2.45, 2.75) is 45.1 Å². The first-order chi connectivity index (χ1) is 8.72. The number of nitrogens with one attached hydrogen (secondary N) is 1. The third-order valence-electron chi connectivity index (χ3n) is 4.29. The van der Waals surface area contributed by atoms with Gasteiger partial charge >= 0.3 is 0 Å². The van der Waals surface area contributed by atoms with Crippen LogP contribution in [0.1, 0.15) is 39.0 Å². The minimum absolute atomic E-state index is 0.146. The van der Waals surface area contributed by atoms with Crippen LogP contribution in [0.25, 0.3) is 0 Å². The van der Waals surface area contributed by atoms with Crippen molar-refractivity contribution in [3.05, 3.63) is 0 Å². The lowest BCUT2D eigenvalue weighted by molar-refractivity contribution is -0.140. The number of nitrogens with zero attached hydrogens (tertiary/aromatic N) is 1. The second-order valence-electron chi connectivity index (χ2n) is 5.89. The number of hydrogen-bond donors (Lipinski definition) is 2. The molecule has 0 spiro atoms. The number of piperidine rings is 2. The summed E-state index contributed by atoms with van der Waals surface area (Å²) in [4.78, 5) is 14.6. The van der Waals surface area contributed by atoms with E-state index in [1.54, 1.807) is 0 Å². The zero-order chi connectivity index (χ0) is 13.0. The summed E-state index contributed by atoms with van der Waals surface area (Å²) < 4.78 is 0. The summed E-state index contributed by atoms with van der Waals surface area (Å²) in [6.07, 6.45) is 5.11. The summed E-state index contributed by atoms with van der Waals surface area (Å²) in [5.41, 5.74) is 0. The van der Waals surface area contributed by atoms with Crippen molar-refractivity contribution in [3.63, 3.8) is 0 Å². The van der Waals surface area contributed by atoms with Crippen LogP contribution in [0.4, 0.5) is 0 Å². The molecule has 3 atom stereocenters. The Bertz CT molecular complexity index is 281. The van der Waals surface area contributed by atoms with Gasteiger partial charge in [0.2, 0.25) is 5.91 Å². The predicted molar refractivity (Wildman–Crippen MR) is 71.2 cm³/mol. The molecule has 3 unspecified atom stereocenters. The maximum atomic E-state index is 12.6. The first kappa shape index (κ1) is 13.8. The molecule has 0 aromatic heterocycles. The maximum absolute atomic E-state index is 12.6. The van der Waals surface area contributed by atoms with Gasteiger partial charge in [0.15, 0.2) is 0 Å². The Hall–Kier alpha value is -0.610. The molecule has 2 heterocycles. The topological polar surface area (TPSA) is 52.6 Å². The first-order valence-electron chi connectivity index (χ1n) is 7.34. The van der Waals surface area contributed by atoms with E-state index in [0.717, 1.165) is 45.3 Å². The lowest BCUT2D eigenvalue weighted by atomic mass is 9.89. The van der Waals surface area contributed by atoms with Gasteiger partial charge in [0.05, 0.1) is 5.92 Å². The molecule has 2 fully saturated rings. The molecule has 0 aliphatic carbocycles. The van der Waals surface area contributed by atoms with Crippen molar-refractivity contribution >= 4 is 5.91 Å². The molecule has 0 radical (unpaired) electrons. The number of aliphatic hydroxyl groups is 1. The van der Waals surface area contributed by atoms with Crippen LogP contribution < -0.4 is 5.32 Å². The number of carbonyl (C=O) groups is 1. The Kier molecular flexibility index (Phi) is 5.01. The molecule has 1 amide bonds. The number of likely N-dealkylation sites (tertiary alicyclic amines) is 1. The van der Waals surface area contributed by atoms with Crippen LogP contribution in [0.15, 0.2) is 0 Å². The van der Waals surface area contributed by atoms with Gasteiger partial charge in [0.25, 0.3) is 0 Å². The zero-order valence-corrected chi connectivity index (χ0v) is 11.4. The van der Waals surface area contributed by atoms with Crippen molar-refractivity contribution in [1.29, 1.82) is 0 Å². The average Bonchev–Trinajstić information content (AvgIpc) is 2.39. The highest BCUT2D eigenvalue weighted by molar-refractivity contribution is 5.79. The monoisotopic (exact) mass is 254 g/mol. The molecule has 2 N–H and O–H groups in total. The van der Waals surface area contributed by atoms with Crippen molar-refractivity contribution in [3.8, 4) is 0 Å². The number of rotatable bonds is 3. The van der Waals surface area contributed by atoms with E-state index in [-0.39, 0.29) is 18.6 Å². The Balaban J connectivity index is 1.96. The van der Waals surface area contributed by atoms with Gasteiger partial charge in [0, 0.05) is 25.7 Å². The van der Waals surface area contributed by atoms with Crippen LogP contribution >= 0.6 is 0 Å². The van der Waals surface area contributed by atoms with Crippen LogP contribution in [0.3, 0.4) is 0 Å². The fourth-order valence-corrected chi connectivity index (χ4v) is 3.32. The molecular weight excluding hydrogens is 228 g/mol. The van der Waals surface area contributed by atoms with Gasteiger partial charge in [0.1, 0.15) is 0 Å². The highest BCUT2D eigenvalue weighted by Crippen LogP contribution is 2.25. The molecular formula is C14H26N2O2. The molecule has 0 aromatic rings. The third-order valence-corrected chi connectivity index (χ3v) is 4.29. The molecule has 2 saturated heterocycles. The molecule has 4 heteroatoms. The van der Waals surface area contributed by atoms with Crippen molar-refractivity contribution in [2.24, 2.45) is 11.8 Å².